The van der Waals surface area contributed by atoms with Crippen LogP contribution in [0.15, 0.2) is 5.03 Å². The third kappa shape index (κ3) is 2.63. The number of fused-ring (bicyclic) bond motifs is 3. The molecule has 0 spiro atoms. The van der Waals surface area contributed by atoms with Crippen molar-refractivity contribution in [1.29, 1.82) is 0 Å². The Morgan fingerprint density at radius 2 is 2.05 bits per heavy atom. The number of nitrogens with zero attached hydrogens (tertiary/aromatic N) is 3. The largest absolute Gasteiger partial charge is 0.303 e. The van der Waals surface area contributed by atoms with Crippen LogP contribution in [0.25, 0.3) is 0 Å². The van der Waals surface area contributed by atoms with Crippen LogP contribution in [0.5, 0.6) is 0 Å². The minimum absolute atomic E-state index is 0.197. The van der Waals surface area contributed by atoms with Crippen molar-refractivity contribution in [2.45, 2.75) is 43.6 Å². The van der Waals surface area contributed by atoms with Crippen molar-refractivity contribution in [1.82, 2.24) is 13.6 Å². The zero-order valence-electron chi connectivity index (χ0n) is 11.8. The monoisotopic (exact) mass is 315 g/mol. The predicted octanol–water partition coefficient (Wildman–Crippen LogP) is 1.92. The van der Waals surface area contributed by atoms with Crippen molar-refractivity contribution >= 4 is 21.6 Å². The molecule has 0 radical (unpaired) electrons. The van der Waals surface area contributed by atoms with Crippen molar-refractivity contribution < 1.29 is 8.42 Å². The number of hydrogen-bond acceptors (Lipinski definition) is 6. The lowest BCUT2D eigenvalue weighted by Gasteiger charge is -2.44. The van der Waals surface area contributed by atoms with E-state index in [1.54, 1.807) is 0 Å². The maximum Gasteiger partial charge on any atom is 0.198 e. The van der Waals surface area contributed by atoms with E-state index >= 15 is 0 Å². The lowest BCUT2D eigenvalue weighted by molar-refractivity contribution is 0.0845. The Morgan fingerprint density at radius 3 is 2.65 bits per heavy atom. The standard InChI is InChI=1S/C13H21N3O2S2/c1-2-3-8-20(17,18)13-12(14-19-15-13)11-9-16-6-4-10(11)5-7-16/h10-11H,2-9H2,1H3/t11-/m1/s1. The number of sulfone groups is 1. The molecule has 20 heavy (non-hydrogen) atoms. The highest BCUT2D eigenvalue weighted by Crippen LogP contribution is 2.40. The SMILES string of the molecule is CCCCS(=O)(=O)c1nsnc1[C@@H]1CN2CCC1CC2. The molecule has 1 aromatic rings. The molecule has 3 saturated heterocycles. The van der Waals surface area contributed by atoms with Crippen LogP contribution in [-0.4, -0.2) is 47.5 Å². The first kappa shape index (κ1) is 14.4. The van der Waals surface area contributed by atoms with Gasteiger partial charge in [0.15, 0.2) is 14.9 Å². The Balaban J connectivity index is 1.87. The second-order valence-electron chi connectivity index (χ2n) is 5.87. The summed E-state index contributed by atoms with van der Waals surface area (Å²) in [5.41, 5.74) is 0.750. The van der Waals surface area contributed by atoms with Gasteiger partial charge in [0.2, 0.25) is 0 Å². The summed E-state index contributed by atoms with van der Waals surface area (Å²) in [5.74, 6) is 1.05. The fraction of sp³-hybridized carbons (Fsp3) is 0.846. The van der Waals surface area contributed by atoms with Gasteiger partial charge in [0, 0.05) is 12.5 Å². The van der Waals surface area contributed by atoms with E-state index < -0.39 is 9.84 Å². The summed E-state index contributed by atoms with van der Waals surface area (Å²) < 4.78 is 33.3. The van der Waals surface area contributed by atoms with E-state index in [0.29, 0.717) is 12.3 Å². The van der Waals surface area contributed by atoms with Crippen molar-refractivity contribution in [2.75, 3.05) is 25.4 Å². The number of piperidine rings is 3. The quantitative estimate of drug-likeness (QED) is 0.830. The van der Waals surface area contributed by atoms with Crippen LogP contribution < -0.4 is 0 Å². The van der Waals surface area contributed by atoms with E-state index in [2.05, 4.69) is 13.6 Å². The first-order chi connectivity index (χ1) is 9.62. The summed E-state index contributed by atoms with van der Waals surface area (Å²) in [6.07, 6.45) is 3.90. The van der Waals surface area contributed by atoms with Crippen LogP contribution in [0.4, 0.5) is 0 Å². The normalized spacial score (nSPS) is 29.8. The average molecular weight is 315 g/mol. The highest BCUT2D eigenvalue weighted by molar-refractivity contribution is 7.91. The summed E-state index contributed by atoms with van der Waals surface area (Å²) in [5, 5.41) is 0.273. The molecule has 3 fully saturated rings. The molecule has 0 unspecified atom stereocenters. The smallest absolute Gasteiger partial charge is 0.198 e. The Morgan fingerprint density at radius 1 is 1.30 bits per heavy atom. The molecule has 112 valence electrons. The summed E-state index contributed by atoms with van der Waals surface area (Å²) >= 11 is 1.05. The van der Waals surface area contributed by atoms with Gasteiger partial charge in [-0.1, -0.05) is 13.3 Å². The van der Waals surface area contributed by atoms with Crippen LogP contribution in [0.2, 0.25) is 0 Å². The molecule has 7 heteroatoms. The maximum absolute atomic E-state index is 12.4. The predicted molar refractivity (Wildman–Crippen MR) is 78.8 cm³/mol. The van der Waals surface area contributed by atoms with E-state index in [0.717, 1.165) is 56.3 Å². The van der Waals surface area contributed by atoms with Gasteiger partial charge >= 0.3 is 0 Å². The zero-order valence-corrected chi connectivity index (χ0v) is 13.4. The van der Waals surface area contributed by atoms with Gasteiger partial charge in [0.25, 0.3) is 0 Å². The van der Waals surface area contributed by atoms with Gasteiger partial charge < -0.3 is 4.90 Å². The van der Waals surface area contributed by atoms with Crippen molar-refractivity contribution in [3.63, 3.8) is 0 Å². The first-order valence-electron chi connectivity index (χ1n) is 7.39. The fourth-order valence-electron chi connectivity index (χ4n) is 3.34. The number of rotatable bonds is 5. The Bertz CT molecular complexity index is 562. The van der Waals surface area contributed by atoms with Crippen molar-refractivity contribution in [2.24, 2.45) is 5.92 Å². The molecule has 3 aliphatic rings. The molecule has 1 atom stereocenters. The fourth-order valence-corrected chi connectivity index (χ4v) is 5.84. The van der Waals surface area contributed by atoms with Gasteiger partial charge in [-0.15, -0.1) is 0 Å². The Labute approximate surface area is 124 Å². The van der Waals surface area contributed by atoms with Gasteiger partial charge in [-0.25, -0.2) is 8.42 Å². The van der Waals surface area contributed by atoms with E-state index in [1.165, 1.54) is 0 Å². The molecule has 4 heterocycles. The Hall–Kier alpha value is -0.530. The molecule has 1 aromatic heterocycles. The number of hydrogen-bond donors (Lipinski definition) is 0. The minimum atomic E-state index is -3.26. The Kier molecular flexibility index (Phi) is 4.10. The van der Waals surface area contributed by atoms with Gasteiger partial charge in [-0.3, -0.25) is 0 Å². The van der Waals surface area contributed by atoms with Gasteiger partial charge in [-0.2, -0.15) is 8.75 Å². The average Bonchev–Trinajstić information content (AvgIpc) is 2.96. The number of aromatic nitrogens is 2. The molecule has 5 nitrogen and oxygen atoms in total. The third-order valence-electron chi connectivity index (χ3n) is 4.55. The van der Waals surface area contributed by atoms with Gasteiger partial charge in [-0.05, 0) is 38.3 Å². The topological polar surface area (TPSA) is 63.2 Å². The molecule has 0 amide bonds. The van der Waals surface area contributed by atoms with Crippen LogP contribution in [0.3, 0.4) is 0 Å². The second-order valence-corrected chi connectivity index (χ2v) is 8.42. The van der Waals surface area contributed by atoms with Crippen LogP contribution >= 0.6 is 11.7 Å². The third-order valence-corrected chi connectivity index (χ3v) is 6.92. The van der Waals surface area contributed by atoms with E-state index in [9.17, 15) is 8.42 Å². The van der Waals surface area contributed by atoms with E-state index in [4.69, 9.17) is 0 Å². The van der Waals surface area contributed by atoms with Crippen LogP contribution in [-0.2, 0) is 9.84 Å². The van der Waals surface area contributed by atoms with E-state index in [1.807, 2.05) is 6.92 Å². The van der Waals surface area contributed by atoms with Gasteiger partial charge in [0.1, 0.15) is 0 Å². The molecule has 3 aliphatic heterocycles. The molecule has 0 aromatic carbocycles. The highest BCUT2D eigenvalue weighted by Gasteiger charge is 2.39. The molecule has 4 rings (SSSR count). The maximum atomic E-state index is 12.4. The van der Waals surface area contributed by atoms with Crippen LogP contribution in [0.1, 0.15) is 44.2 Å². The molecule has 0 N–H and O–H groups in total. The summed E-state index contributed by atoms with van der Waals surface area (Å²) in [7, 11) is -3.26. The molecule has 2 bridgehead atoms. The molecule has 0 aliphatic carbocycles. The van der Waals surface area contributed by atoms with Crippen LogP contribution in [0, 0.1) is 5.92 Å². The summed E-state index contributed by atoms with van der Waals surface area (Å²) in [6.45, 7) is 5.25. The summed E-state index contributed by atoms with van der Waals surface area (Å²) in [6, 6.07) is 0. The molecular weight excluding hydrogens is 294 g/mol. The first-order valence-corrected chi connectivity index (χ1v) is 9.77. The highest BCUT2D eigenvalue weighted by atomic mass is 32.2. The zero-order chi connectivity index (χ0) is 14.2. The van der Waals surface area contributed by atoms with Crippen molar-refractivity contribution in [3.05, 3.63) is 5.69 Å². The van der Waals surface area contributed by atoms with Crippen molar-refractivity contribution in [3.8, 4) is 0 Å². The molecular formula is C13H21N3O2S2. The number of unbranched alkanes of at least 4 members (excludes halogenated alkanes) is 1. The van der Waals surface area contributed by atoms with Gasteiger partial charge in [0.05, 0.1) is 23.2 Å². The second kappa shape index (κ2) is 5.69. The minimum Gasteiger partial charge on any atom is -0.303 e. The van der Waals surface area contributed by atoms with E-state index in [-0.39, 0.29) is 16.7 Å². The lowest BCUT2D eigenvalue weighted by Crippen LogP contribution is -2.46. The summed E-state index contributed by atoms with van der Waals surface area (Å²) in [4.78, 5) is 2.42. The molecule has 0 saturated carbocycles. The lowest BCUT2D eigenvalue weighted by atomic mass is 9.78.